The van der Waals surface area contributed by atoms with Crippen LogP contribution in [0.1, 0.15) is 34.6 Å². The highest BCUT2D eigenvalue weighted by Crippen LogP contribution is 2.12. The smallest absolute Gasteiger partial charge is 0.410 e. The lowest BCUT2D eigenvalue weighted by molar-refractivity contribution is 0.0114. The first-order chi connectivity index (χ1) is 7.17. The molecule has 4 heteroatoms. The van der Waals surface area contributed by atoms with Gasteiger partial charge in [-0.3, -0.25) is 0 Å². The first-order valence-corrected chi connectivity index (χ1v) is 5.47. The molecule has 4 nitrogen and oxygen atoms in total. The Bertz CT molecular complexity index is 243. The van der Waals surface area contributed by atoms with Crippen LogP contribution in [0.15, 0.2) is 12.7 Å². The van der Waals surface area contributed by atoms with Crippen molar-refractivity contribution in [2.45, 2.75) is 52.4 Å². The summed E-state index contributed by atoms with van der Waals surface area (Å²) >= 11 is 0. The van der Waals surface area contributed by atoms with Gasteiger partial charge in [-0.25, -0.2) is 4.79 Å². The molecule has 0 spiro atoms. The predicted octanol–water partition coefficient (Wildman–Crippen LogP) is 2.18. The van der Waals surface area contributed by atoms with Gasteiger partial charge in [0.25, 0.3) is 0 Å². The Labute approximate surface area is 97.9 Å². The van der Waals surface area contributed by atoms with Crippen LogP contribution in [0.3, 0.4) is 0 Å². The van der Waals surface area contributed by atoms with Crippen molar-refractivity contribution in [3.05, 3.63) is 12.7 Å². The molecule has 1 N–H and O–H groups in total. The Hall–Kier alpha value is -1.03. The first-order valence-electron chi connectivity index (χ1n) is 5.47. The average Bonchev–Trinajstić information content (AvgIpc) is 2.09. The molecule has 0 bridgehead atoms. The molecule has 0 aliphatic rings. The van der Waals surface area contributed by atoms with E-state index in [4.69, 9.17) is 4.74 Å². The van der Waals surface area contributed by atoms with Gasteiger partial charge in [0.2, 0.25) is 0 Å². The molecule has 0 fully saturated rings. The van der Waals surface area contributed by atoms with Crippen LogP contribution in [0.5, 0.6) is 0 Å². The van der Waals surface area contributed by atoms with Gasteiger partial charge in [-0.1, -0.05) is 6.08 Å². The fourth-order valence-corrected chi connectivity index (χ4v) is 1.09. The molecule has 0 rings (SSSR count). The Kier molecular flexibility index (Phi) is 5.51. The zero-order valence-electron chi connectivity index (χ0n) is 10.9. The van der Waals surface area contributed by atoms with E-state index < -0.39 is 17.8 Å². The third kappa shape index (κ3) is 5.75. The van der Waals surface area contributed by atoms with Crippen LogP contribution in [0.4, 0.5) is 4.79 Å². The number of carbonyl (C=O) groups is 1. The van der Waals surface area contributed by atoms with Gasteiger partial charge in [0.15, 0.2) is 0 Å². The summed E-state index contributed by atoms with van der Waals surface area (Å²) in [6, 6.07) is -0.0237. The van der Waals surface area contributed by atoms with Crippen LogP contribution in [-0.2, 0) is 4.74 Å². The lowest BCUT2D eigenvalue weighted by atomic mass is 10.2. The number of ether oxygens (including phenoxy) is 1. The molecule has 94 valence electrons. The van der Waals surface area contributed by atoms with Gasteiger partial charge in [0, 0.05) is 6.04 Å². The van der Waals surface area contributed by atoms with Crippen molar-refractivity contribution >= 4 is 6.09 Å². The first kappa shape index (κ1) is 15.0. The van der Waals surface area contributed by atoms with E-state index >= 15 is 0 Å². The van der Waals surface area contributed by atoms with E-state index in [1.54, 1.807) is 0 Å². The van der Waals surface area contributed by atoms with Crippen molar-refractivity contribution in [2.75, 3.05) is 6.54 Å². The summed E-state index contributed by atoms with van der Waals surface area (Å²) in [7, 11) is 0. The fourth-order valence-electron chi connectivity index (χ4n) is 1.09. The van der Waals surface area contributed by atoms with Crippen LogP contribution in [0.25, 0.3) is 0 Å². The van der Waals surface area contributed by atoms with Gasteiger partial charge in [0.05, 0.1) is 12.6 Å². The molecule has 0 saturated carbocycles. The van der Waals surface area contributed by atoms with Crippen LogP contribution in [-0.4, -0.2) is 40.4 Å². The fraction of sp³-hybridized carbons (Fsp3) is 0.750. The Balaban J connectivity index is 4.54. The van der Waals surface area contributed by atoms with E-state index in [1.165, 1.54) is 11.0 Å². The molecule has 1 amide bonds. The monoisotopic (exact) mass is 229 g/mol. The number of amides is 1. The highest BCUT2D eigenvalue weighted by molar-refractivity contribution is 5.68. The molecule has 0 radical (unpaired) electrons. The van der Waals surface area contributed by atoms with E-state index in [1.807, 2.05) is 34.6 Å². The van der Waals surface area contributed by atoms with Gasteiger partial charge in [0.1, 0.15) is 5.60 Å². The molecule has 0 aromatic carbocycles. The Morgan fingerprint density at radius 2 is 2.00 bits per heavy atom. The lowest BCUT2D eigenvalue weighted by Gasteiger charge is -2.30. The number of carbonyl (C=O) groups excluding carboxylic acids is 1. The molecule has 0 saturated heterocycles. The summed E-state index contributed by atoms with van der Waals surface area (Å²) in [6.45, 7) is 12.9. The van der Waals surface area contributed by atoms with Crippen molar-refractivity contribution < 1.29 is 14.6 Å². The van der Waals surface area contributed by atoms with Gasteiger partial charge in [-0.2, -0.15) is 0 Å². The van der Waals surface area contributed by atoms with Crippen LogP contribution >= 0.6 is 0 Å². The summed E-state index contributed by atoms with van der Waals surface area (Å²) in [5.41, 5.74) is -0.524. The minimum atomic E-state index is -0.727. The normalized spacial score (nSPS) is 13.4. The van der Waals surface area contributed by atoms with Gasteiger partial charge in [-0.05, 0) is 34.6 Å². The van der Waals surface area contributed by atoms with Crippen LogP contribution in [0.2, 0.25) is 0 Å². The molecular weight excluding hydrogens is 206 g/mol. The number of nitrogens with zero attached hydrogens (tertiary/aromatic N) is 1. The molecule has 16 heavy (non-hydrogen) atoms. The van der Waals surface area contributed by atoms with Crippen molar-refractivity contribution in [3.8, 4) is 0 Å². The number of rotatable bonds is 4. The quantitative estimate of drug-likeness (QED) is 0.752. The second kappa shape index (κ2) is 5.89. The van der Waals surface area contributed by atoms with Crippen molar-refractivity contribution in [3.63, 3.8) is 0 Å². The predicted molar refractivity (Wildman–Crippen MR) is 64.3 cm³/mol. The summed E-state index contributed by atoms with van der Waals surface area (Å²) < 4.78 is 5.25. The second-order valence-electron chi connectivity index (χ2n) is 5.03. The number of hydrogen-bond donors (Lipinski definition) is 1. The summed E-state index contributed by atoms with van der Waals surface area (Å²) in [5, 5.41) is 9.46. The topological polar surface area (TPSA) is 49.8 Å². The standard InChI is InChI=1S/C12H23NO3/c1-7-10(14)8-13(9(2)3)11(15)16-12(4,5)6/h7,9-10,14H,1,8H2,2-6H3. The zero-order chi connectivity index (χ0) is 12.9. The molecular formula is C12H23NO3. The van der Waals surface area contributed by atoms with Gasteiger partial charge < -0.3 is 14.7 Å². The molecule has 0 aliphatic carbocycles. The third-order valence-corrected chi connectivity index (χ3v) is 1.91. The Morgan fingerprint density at radius 3 is 2.31 bits per heavy atom. The highest BCUT2D eigenvalue weighted by Gasteiger charge is 2.25. The van der Waals surface area contributed by atoms with Crippen LogP contribution < -0.4 is 0 Å². The second-order valence-corrected chi connectivity index (χ2v) is 5.03. The summed E-state index contributed by atoms with van der Waals surface area (Å²) in [4.78, 5) is 13.3. The van der Waals surface area contributed by atoms with E-state index in [0.717, 1.165) is 0 Å². The molecule has 0 heterocycles. The van der Waals surface area contributed by atoms with Gasteiger partial charge in [-0.15, -0.1) is 6.58 Å². The van der Waals surface area contributed by atoms with Crippen molar-refractivity contribution in [2.24, 2.45) is 0 Å². The van der Waals surface area contributed by atoms with E-state index in [-0.39, 0.29) is 12.6 Å². The lowest BCUT2D eigenvalue weighted by Crippen LogP contribution is -2.44. The maximum absolute atomic E-state index is 11.8. The molecule has 1 atom stereocenters. The number of hydrogen-bond acceptors (Lipinski definition) is 3. The van der Waals surface area contributed by atoms with Crippen LogP contribution in [0, 0.1) is 0 Å². The summed E-state index contributed by atoms with van der Waals surface area (Å²) in [6.07, 6.45) is 0.262. The largest absolute Gasteiger partial charge is 0.444 e. The summed E-state index contributed by atoms with van der Waals surface area (Å²) in [5.74, 6) is 0. The molecule has 0 aromatic rings. The molecule has 0 aromatic heterocycles. The molecule has 0 aliphatic heterocycles. The van der Waals surface area contributed by atoms with Crippen molar-refractivity contribution in [1.82, 2.24) is 4.90 Å². The Morgan fingerprint density at radius 1 is 1.50 bits per heavy atom. The number of aliphatic hydroxyl groups is 1. The third-order valence-electron chi connectivity index (χ3n) is 1.91. The van der Waals surface area contributed by atoms with Crippen molar-refractivity contribution in [1.29, 1.82) is 0 Å². The minimum absolute atomic E-state index is 0.0237. The highest BCUT2D eigenvalue weighted by atomic mass is 16.6. The zero-order valence-corrected chi connectivity index (χ0v) is 10.9. The minimum Gasteiger partial charge on any atom is -0.444 e. The average molecular weight is 229 g/mol. The van der Waals surface area contributed by atoms with Gasteiger partial charge >= 0.3 is 6.09 Å². The maximum Gasteiger partial charge on any atom is 0.410 e. The maximum atomic E-state index is 11.8. The van der Waals surface area contributed by atoms with E-state index in [2.05, 4.69) is 6.58 Å². The SMILES string of the molecule is C=CC(O)CN(C(=O)OC(C)(C)C)C(C)C. The number of aliphatic hydroxyl groups excluding tert-OH is 1. The van der Waals surface area contributed by atoms with E-state index in [9.17, 15) is 9.90 Å². The van der Waals surface area contributed by atoms with E-state index in [0.29, 0.717) is 0 Å². The molecule has 1 unspecified atom stereocenters.